The first-order valence-corrected chi connectivity index (χ1v) is 8.41. The Kier molecular flexibility index (Phi) is 4.43. The summed E-state index contributed by atoms with van der Waals surface area (Å²) < 4.78 is 1.88. The molecule has 0 aliphatic carbocycles. The average molecular weight is 320 g/mol. The largest absolute Gasteiger partial charge is 0.504 e. The Bertz CT molecular complexity index is 845. The van der Waals surface area contributed by atoms with Gasteiger partial charge in [0.15, 0.2) is 5.75 Å². The Labute approximate surface area is 143 Å². The van der Waals surface area contributed by atoms with Crippen molar-refractivity contribution in [1.82, 2.24) is 9.78 Å². The van der Waals surface area contributed by atoms with E-state index in [0.29, 0.717) is 5.92 Å². The lowest BCUT2D eigenvalue weighted by molar-refractivity contribution is 0.464. The molecule has 0 aliphatic rings. The number of aromatic hydroxyl groups is 1. The maximum atomic E-state index is 10.9. The van der Waals surface area contributed by atoms with Crippen molar-refractivity contribution < 1.29 is 5.11 Å². The molecule has 3 aromatic rings. The van der Waals surface area contributed by atoms with Crippen LogP contribution < -0.4 is 0 Å². The highest BCUT2D eigenvalue weighted by molar-refractivity contribution is 5.70. The van der Waals surface area contributed by atoms with Gasteiger partial charge in [0.25, 0.3) is 0 Å². The monoisotopic (exact) mass is 320 g/mol. The van der Waals surface area contributed by atoms with E-state index in [9.17, 15) is 5.11 Å². The molecule has 0 bridgehead atoms. The van der Waals surface area contributed by atoms with Crippen molar-refractivity contribution in [2.24, 2.45) is 5.92 Å². The molecule has 0 unspecified atom stereocenters. The van der Waals surface area contributed by atoms with Crippen molar-refractivity contribution in [3.63, 3.8) is 0 Å². The summed E-state index contributed by atoms with van der Waals surface area (Å²) in [6.45, 7) is 8.40. The molecule has 124 valence electrons. The molecule has 0 saturated heterocycles. The van der Waals surface area contributed by atoms with Gasteiger partial charge in [-0.15, -0.1) is 0 Å². The van der Waals surface area contributed by atoms with Gasteiger partial charge in [-0.1, -0.05) is 61.9 Å². The molecule has 1 aromatic heterocycles. The number of nitrogens with zero attached hydrogens (tertiary/aromatic N) is 2. The third-order valence-corrected chi connectivity index (χ3v) is 4.20. The van der Waals surface area contributed by atoms with Crippen LogP contribution in [0, 0.1) is 19.8 Å². The number of aromatic nitrogens is 2. The molecule has 2 aromatic carbocycles. The predicted molar refractivity (Wildman–Crippen MR) is 98.7 cm³/mol. The van der Waals surface area contributed by atoms with E-state index in [1.54, 1.807) is 0 Å². The topological polar surface area (TPSA) is 38.1 Å². The molecule has 1 N–H and O–H groups in total. The molecule has 0 saturated carbocycles. The highest BCUT2D eigenvalue weighted by Crippen LogP contribution is 2.36. The summed E-state index contributed by atoms with van der Waals surface area (Å²) in [5.74, 6) is 0.720. The number of hydrogen-bond donors (Lipinski definition) is 1. The maximum absolute atomic E-state index is 10.9. The van der Waals surface area contributed by atoms with Crippen molar-refractivity contribution in [3.05, 3.63) is 65.4 Å². The number of para-hydroxylation sites is 1. The molecular weight excluding hydrogens is 296 g/mol. The van der Waals surface area contributed by atoms with Gasteiger partial charge in [-0.05, 0) is 37.8 Å². The fourth-order valence-electron chi connectivity index (χ4n) is 2.93. The zero-order valence-electron chi connectivity index (χ0n) is 14.7. The quantitative estimate of drug-likeness (QED) is 0.729. The Hall–Kier alpha value is -2.55. The number of aryl methyl sites for hydroxylation is 2. The van der Waals surface area contributed by atoms with Gasteiger partial charge in [0, 0.05) is 5.56 Å². The zero-order valence-corrected chi connectivity index (χ0v) is 14.7. The minimum atomic E-state index is 0.288. The van der Waals surface area contributed by atoms with Crippen molar-refractivity contribution in [3.8, 4) is 22.7 Å². The minimum absolute atomic E-state index is 0.288. The van der Waals surface area contributed by atoms with Gasteiger partial charge in [-0.3, -0.25) is 0 Å². The second-order valence-corrected chi connectivity index (χ2v) is 6.81. The smallest absolute Gasteiger partial charge is 0.165 e. The van der Waals surface area contributed by atoms with Crippen LogP contribution in [0.15, 0.2) is 48.5 Å². The van der Waals surface area contributed by atoms with E-state index in [2.05, 4.69) is 45.9 Å². The van der Waals surface area contributed by atoms with Crippen molar-refractivity contribution >= 4 is 0 Å². The predicted octanol–water partition coefficient (Wildman–Crippen LogP) is 5.06. The van der Waals surface area contributed by atoms with Crippen molar-refractivity contribution in [1.29, 1.82) is 0 Å². The average Bonchev–Trinajstić information content (AvgIpc) is 2.85. The Morgan fingerprint density at radius 3 is 2.29 bits per heavy atom. The molecule has 0 fully saturated rings. The van der Waals surface area contributed by atoms with Crippen molar-refractivity contribution in [2.45, 2.75) is 34.1 Å². The first kappa shape index (κ1) is 16.3. The minimum Gasteiger partial charge on any atom is -0.504 e. The lowest BCUT2D eigenvalue weighted by Gasteiger charge is -2.10. The van der Waals surface area contributed by atoms with E-state index >= 15 is 0 Å². The van der Waals surface area contributed by atoms with Crippen LogP contribution in [0.4, 0.5) is 0 Å². The second-order valence-electron chi connectivity index (χ2n) is 6.81. The number of hydrogen-bond acceptors (Lipinski definition) is 2. The summed E-state index contributed by atoms with van der Waals surface area (Å²) in [4.78, 5) is 0. The molecule has 1 heterocycles. The van der Waals surface area contributed by atoms with Gasteiger partial charge < -0.3 is 5.11 Å². The van der Waals surface area contributed by atoms with Crippen LogP contribution in [0.3, 0.4) is 0 Å². The van der Waals surface area contributed by atoms with Gasteiger partial charge in [-0.2, -0.15) is 5.10 Å². The summed E-state index contributed by atoms with van der Waals surface area (Å²) in [6.07, 6.45) is 0.754. The third kappa shape index (κ3) is 3.07. The Balaban J connectivity index is 2.23. The Morgan fingerprint density at radius 1 is 1.00 bits per heavy atom. The van der Waals surface area contributed by atoms with Crippen LogP contribution in [-0.4, -0.2) is 14.9 Å². The van der Waals surface area contributed by atoms with Crippen LogP contribution >= 0.6 is 0 Å². The molecule has 0 radical (unpaired) electrons. The zero-order chi connectivity index (χ0) is 17.3. The van der Waals surface area contributed by atoms with Gasteiger partial charge in [0.2, 0.25) is 0 Å². The molecular formula is C21H24N2O. The summed E-state index contributed by atoms with van der Waals surface area (Å²) in [6, 6.07) is 16.3. The molecule has 0 spiro atoms. The maximum Gasteiger partial charge on any atom is 0.165 e. The fourth-order valence-corrected chi connectivity index (χ4v) is 2.93. The first-order chi connectivity index (χ1) is 11.5. The fraction of sp³-hybridized carbons (Fsp3) is 0.286. The molecule has 0 amide bonds. The summed E-state index contributed by atoms with van der Waals surface area (Å²) in [5, 5.41) is 15.6. The van der Waals surface area contributed by atoms with Crippen LogP contribution in [0.2, 0.25) is 0 Å². The van der Waals surface area contributed by atoms with E-state index in [4.69, 9.17) is 5.10 Å². The van der Waals surface area contributed by atoms with E-state index in [1.807, 2.05) is 35.0 Å². The van der Waals surface area contributed by atoms with Gasteiger partial charge in [0.05, 0.1) is 5.69 Å². The molecule has 3 rings (SSSR count). The lowest BCUT2D eigenvalue weighted by Crippen LogP contribution is -2.02. The second kappa shape index (κ2) is 6.52. The third-order valence-electron chi connectivity index (χ3n) is 4.20. The molecule has 24 heavy (non-hydrogen) atoms. The number of rotatable bonds is 4. The van der Waals surface area contributed by atoms with E-state index in [0.717, 1.165) is 34.6 Å². The number of benzene rings is 2. The van der Waals surface area contributed by atoms with Crippen LogP contribution in [0.5, 0.6) is 5.75 Å². The van der Waals surface area contributed by atoms with E-state index < -0.39 is 0 Å². The van der Waals surface area contributed by atoms with Gasteiger partial charge in [-0.25, -0.2) is 4.68 Å². The standard InChI is InChI=1S/C21H24N2O/c1-14(2)13-18-21(24)20(17-11-9-15(3)10-12-17)23(22-18)19-8-6-5-7-16(19)4/h5-12,14,24H,13H2,1-4H3. The first-order valence-electron chi connectivity index (χ1n) is 8.41. The molecule has 0 atom stereocenters. The Morgan fingerprint density at radius 2 is 1.67 bits per heavy atom. The summed E-state index contributed by atoms with van der Waals surface area (Å²) in [7, 11) is 0. The van der Waals surface area contributed by atoms with Crippen LogP contribution in [-0.2, 0) is 6.42 Å². The van der Waals surface area contributed by atoms with Crippen molar-refractivity contribution in [2.75, 3.05) is 0 Å². The van der Waals surface area contributed by atoms with E-state index in [-0.39, 0.29) is 5.75 Å². The molecule has 3 heteroatoms. The highest BCUT2D eigenvalue weighted by atomic mass is 16.3. The molecule has 3 nitrogen and oxygen atoms in total. The van der Waals surface area contributed by atoms with Crippen LogP contribution in [0.25, 0.3) is 16.9 Å². The van der Waals surface area contributed by atoms with Gasteiger partial charge in [0.1, 0.15) is 11.4 Å². The SMILES string of the molecule is Cc1ccc(-c2c(O)c(CC(C)C)nn2-c2ccccc2C)cc1. The van der Waals surface area contributed by atoms with E-state index in [1.165, 1.54) is 5.56 Å². The molecule has 0 aliphatic heterocycles. The summed E-state index contributed by atoms with van der Waals surface area (Å²) in [5.41, 5.74) is 5.82. The van der Waals surface area contributed by atoms with Crippen LogP contribution in [0.1, 0.15) is 30.7 Å². The normalized spacial score (nSPS) is 11.2. The van der Waals surface area contributed by atoms with Gasteiger partial charge >= 0.3 is 0 Å². The lowest BCUT2D eigenvalue weighted by atomic mass is 10.0. The highest BCUT2D eigenvalue weighted by Gasteiger charge is 2.21. The summed E-state index contributed by atoms with van der Waals surface area (Å²) >= 11 is 0.